The van der Waals surface area contributed by atoms with Crippen LogP contribution >= 0.6 is 0 Å². The molecule has 2 aliphatic rings. The van der Waals surface area contributed by atoms with E-state index in [-0.39, 0.29) is 36.1 Å². The minimum Gasteiger partial charge on any atom is -0.376 e. The molecule has 0 saturated carbocycles. The van der Waals surface area contributed by atoms with Crippen LogP contribution in [0.25, 0.3) is 0 Å². The van der Waals surface area contributed by atoms with Gasteiger partial charge in [0.25, 0.3) is 5.91 Å². The molecule has 4 rings (SSSR count). The number of carbonyl (C=O) groups is 2. The molecule has 178 valence electrons. The van der Waals surface area contributed by atoms with E-state index in [0.717, 1.165) is 51.9 Å². The Kier molecular flexibility index (Phi) is 8.12. The van der Waals surface area contributed by atoms with Crippen molar-refractivity contribution in [2.24, 2.45) is 0 Å². The van der Waals surface area contributed by atoms with Crippen molar-refractivity contribution in [3.8, 4) is 0 Å². The Labute approximate surface area is 195 Å². The number of aryl methyl sites for hydroxylation is 1. The lowest BCUT2D eigenvalue weighted by Gasteiger charge is -2.32. The third-order valence-electron chi connectivity index (χ3n) is 6.39. The van der Waals surface area contributed by atoms with Gasteiger partial charge in [-0.2, -0.15) is 0 Å². The number of ether oxygens (including phenoxy) is 1. The highest BCUT2D eigenvalue weighted by Crippen LogP contribution is 2.17. The Bertz CT molecular complexity index is 902. The Balaban J connectivity index is 1.23. The summed E-state index contributed by atoms with van der Waals surface area (Å²) >= 11 is 0. The van der Waals surface area contributed by atoms with Crippen LogP contribution in [0.3, 0.4) is 0 Å². The number of hydrogen-bond acceptors (Lipinski definition) is 6. The summed E-state index contributed by atoms with van der Waals surface area (Å²) in [5.41, 5.74) is 1.59. The van der Waals surface area contributed by atoms with Crippen molar-refractivity contribution in [1.29, 1.82) is 0 Å². The highest BCUT2D eigenvalue weighted by atomic mass is 16.5. The maximum atomic E-state index is 12.9. The monoisotopic (exact) mass is 454 g/mol. The summed E-state index contributed by atoms with van der Waals surface area (Å²) in [6.45, 7) is 6.17. The van der Waals surface area contributed by atoms with Crippen molar-refractivity contribution in [3.63, 3.8) is 0 Å². The number of piperidine rings is 1. The van der Waals surface area contributed by atoms with Crippen LogP contribution in [-0.4, -0.2) is 71.7 Å². The molecule has 2 saturated heterocycles. The highest BCUT2D eigenvalue weighted by molar-refractivity contribution is 5.92. The molecule has 8 nitrogen and oxygen atoms in total. The van der Waals surface area contributed by atoms with Crippen LogP contribution in [0.1, 0.15) is 53.9 Å². The third kappa shape index (κ3) is 6.88. The second-order valence-electron chi connectivity index (χ2n) is 9.06. The average molecular weight is 455 g/mol. The van der Waals surface area contributed by atoms with Crippen LogP contribution in [0.5, 0.6) is 0 Å². The fraction of sp³-hybridized carbons (Fsp3) is 0.560. The maximum Gasteiger partial charge on any atom is 0.276 e. The number of likely N-dealkylation sites (tertiary alicyclic amines) is 1. The second-order valence-corrected chi connectivity index (χ2v) is 9.06. The van der Waals surface area contributed by atoms with Crippen LogP contribution < -0.4 is 5.32 Å². The van der Waals surface area contributed by atoms with E-state index in [2.05, 4.69) is 39.6 Å². The lowest BCUT2D eigenvalue weighted by Crippen LogP contribution is -2.45. The van der Waals surface area contributed by atoms with Gasteiger partial charge in [0, 0.05) is 57.9 Å². The zero-order valence-electron chi connectivity index (χ0n) is 19.4. The first-order valence-corrected chi connectivity index (χ1v) is 12.0. The Morgan fingerprint density at radius 2 is 1.97 bits per heavy atom. The van der Waals surface area contributed by atoms with E-state index < -0.39 is 0 Å². The van der Waals surface area contributed by atoms with E-state index >= 15 is 0 Å². The molecule has 8 heteroatoms. The van der Waals surface area contributed by atoms with E-state index in [1.165, 1.54) is 5.56 Å². The summed E-state index contributed by atoms with van der Waals surface area (Å²) in [7, 11) is 0. The van der Waals surface area contributed by atoms with Crippen molar-refractivity contribution in [1.82, 2.24) is 20.3 Å². The number of amides is 2. The van der Waals surface area contributed by atoms with E-state index in [0.29, 0.717) is 18.8 Å². The molecule has 2 amide bonds. The number of rotatable bonds is 9. The molecule has 2 aromatic rings. The van der Waals surface area contributed by atoms with Gasteiger partial charge in [0.15, 0.2) is 5.69 Å². The van der Waals surface area contributed by atoms with E-state index in [1.54, 1.807) is 17.9 Å². The predicted molar refractivity (Wildman–Crippen MR) is 124 cm³/mol. The number of carbonyl (C=O) groups excluding carboxylic acids is 2. The lowest BCUT2D eigenvalue weighted by atomic mass is 10.0. The zero-order chi connectivity index (χ0) is 23.0. The van der Waals surface area contributed by atoms with Gasteiger partial charge in [0.05, 0.1) is 6.10 Å². The normalized spacial score (nSPS) is 19.5. The fourth-order valence-corrected chi connectivity index (χ4v) is 4.55. The molecule has 0 spiro atoms. The van der Waals surface area contributed by atoms with Gasteiger partial charge < -0.3 is 19.5 Å². The molecule has 33 heavy (non-hydrogen) atoms. The summed E-state index contributed by atoms with van der Waals surface area (Å²) < 4.78 is 10.8. The molecule has 1 N–H and O–H groups in total. The summed E-state index contributed by atoms with van der Waals surface area (Å²) in [4.78, 5) is 29.7. The first-order valence-electron chi connectivity index (χ1n) is 12.0. The largest absolute Gasteiger partial charge is 0.376 e. The van der Waals surface area contributed by atoms with Crippen LogP contribution in [0.2, 0.25) is 0 Å². The van der Waals surface area contributed by atoms with Crippen LogP contribution in [-0.2, 0) is 16.1 Å². The highest BCUT2D eigenvalue weighted by Gasteiger charge is 2.26. The number of nitrogens with zero attached hydrogens (tertiary/aromatic N) is 3. The van der Waals surface area contributed by atoms with Crippen molar-refractivity contribution in [2.45, 2.75) is 57.7 Å². The van der Waals surface area contributed by atoms with Gasteiger partial charge in [0.1, 0.15) is 5.76 Å². The molecule has 0 bridgehead atoms. The topological polar surface area (TPSA) is 87.9 Å². The number of hydrogen-bond donors (Lipinski definition) is 1. The Morgan fingerprint density at radius 1 is 1.18 bits per heavy atom. The summed E-state index contributed by atoms with van der Waals surface area (Å²) in [6.07, 6.45) is 4.08. The second kappa shape index (κ2) is 11.4. The Hall–Kier alpha value is -2.71. The average Bonchev–Trinajstić information content (AvgIpc) is 3.50. The molecule has 2 fully saturated rings. The predicted octanol–water partition coefficient (Wildman–Crippen LogP) is 2.78. The number of aromatic nitrogens is 1. The smallest absolute Gasteiger partial charge is 0.276 e. The maximum absolute atomic E-state index is 12.9. The zero-order valence-corrected chi connectivity index (χ0v) is 19.4. The van der Waals surface area contributed by atoms with Crippen molar-refractivity contribution in [3.05, 3.63) is 53.4 Å². The van der Waals surface area contributed by atoms with Gasteiger partial charge in [-0.3, -0.25) is 14.5 Å². The van der Waals surface area contributed by atoms with Crippen LogP contribution in [0.4, 0.5) is 0 Å². The molecule has 3 heterocycles. The molecular formula is C25H34N4O4. The molecular weight excluding hydrogens is 420 g/mol. The van der Waals surface area contributed by atoms with Gasteiger partial charge in [-0.25, -0.2) is 0 Å². The van der Waals surface area contributed by atoms with Gasteiger partial charge in [-0.1, -0.05) is 35.5 Å². The van der Waals surface area contributed by atoms with Crippen LogP contribution in [0.15, 0.2) is 40.9 Å². The summed E-state index contributed by atoms with van der Waals surface area (Å²) in [5, 5.41) is 7.02. The summed E-state index contributed by atoms with van der Waals surface area (Å²) in [5.74, 6) is 0.356. The van der Waals surface area contributed by atoms with Gasteiger partial charge in [0.2, 0.25) is 5.91 Å². The first-order chi connectivity index (χ1) is 16.1. The van der Waals surface area contributed by atoms with Crippen molar-refractivity contribution < 1.29 is 18.8 Å². The van der Waals surface area contributed by atoms with Gasteiger partial charge in [-0.05, 0) is 38.2 Å². The first kappa shape index (κ1) is 23.4. The van der Waals surface area contributed by atoms with E-state index in [1.807, 2.05) is 6.07 Å². The fourth-order valence-electron chi connectivity index (χ4n) is 4.55. The molecule has 1 atom stereocenters. The molecule has 1 aromatic carbocycles. The lowest BCUT2D eigenvalue weighted by molar-refractivity contribution is -0.122. The molecule has 0 radical (unpaired) electrons. The van der Waals surface area contributed by atoms with E-state index in [4.69, 9.17) is 9.26 Å². The van der Waals surface area contributed by atoms with E-state index in [9.17, 15) is 9.59 Å². The molecule has 1 aromatic heterocycles. The summed E-state index contributed by atoms with van der Waals surface area (Å²) in [6, 6.07) is 12.3. The minimum absolute atomic E-state index is 0.0129. The quantitative estimate of drug-likeness (QED) is 0.627. The SMILES string of the molecule is Cc1cc(C(=O)N(CCC(=O)NC2CCN(Cc3ccccc3)CC2)C[C@H]2CCCO2)no1. The van der Waals surface area contributed by atoms with Crippen LogP contribution in [0, 0.1) is 6.92 Å². The standard InChI is InChI=1S/C25H34N4O4/c1-19-16-23(27-33-19)25(31)29(18-22-8-5-15-32-22)14-11-24(30)26-21-9-12-28(13-10-21)17-20-6-3-2-4-7-20/h2-4,6-7,16,21-22H,5,8-15,17-18H2,1H3,(H,26,30)/t22-/m1/s1. The van der Waals surface area contributed by atoms with Crippen molar-refractivity contribution in [2.75, 3.05) is 32.8 Å². The van der Waals surface area contributed by atoms with Gasteiger partial charge in [-0.15, -0.1) is 0 Å². The third-order valence-corrected chi connectivity index (χ3v) is 6.39. The van der Waals surface area contributed by atoms with Crippen molar-refractivity contribution >= 4 is 11.8 Å². The molecule has 2 aliphatic heterocycles. The minimum atomic E-state index is -0.218. The Morgan fingerprint density at radius 3 is 2.64 bits per heavy atom. The van der Waals surface area contributed by atoms with Gasteiger partial charge >= 0.3 is 0 Å². The molecule has 0 unspecified atom stereocenters. The molecule has 0 aliphatic carbocycles. The number of nitrogens with one attached hydrogen (secondary N) is 1. The number of benzene rings is 1.